The second kappa shape index (κ2) is 8.93. The molecule has 2 aliphatic rings. The molecule has 0 bridgehead atoms. The standard InChI is InChI=1S/C28H33N9O2/c1-26(2,3)39-25(38)35-13-8-27(9-14-35)18-28(19-27,7-10-29)37-16-20(15-31-37)24-23-5-11-30-36(23)17-22(32-24)21-6-12-34(4)33-21/h5-6,11-12,15-17H,7-9,13-14,18-19H2,1-4H3. The highest BCUT2D eigenvalue weighted by Crippen LogP contribution is 2.59. The fraction of sp³-hybridized carbons (Fsp3) is 0.500. The molecule has 1 spiro atoms. The summed E-state index contributed by atoms with van der Waals surface area (Å²) in [5.41, 5.74) is 3.25. The van der Waals surface area contributed by atoms with Crippen molar-refractivity contribution < 1.29 is 9.53 Å². The molecule has 1 amide bonds. The number of amides is 1. The van der Waals surface area contributed by atoms with Crippen molar-refractivity contribution in [1.29, 1.82) is 5.26 Å². The van der Waals surface area contributed by atoms with Gasteiger partial charge in [0, 0.05) is 38.1 Å². The van der Waals surface area contributed by atoms with Gasteiger partial charge in [-0.15, -0.1) is 0 Å². The van der Waals surface area contributed by atoms with Gasteiger partial charge in [-0.2, -0.15) is 20.6 Å². The van der Waals surface area contributed by atoms with E-state index in [9.17, 15) is 10.1 Å². The van der Waals surface area contributed by atoms with Crippen LogP contribution in [0, 0.1) is 16.7 Å². The lowest BCUT2D eigenvalue weighted by molar-refractivity contribution is -0.0759. The predicted molar refractivity (Wildman–Crippen MR) is 143 cm³/mol. The van der Waals surface area contributed by atoms with Gasteiger partial charge in [-0.1, -0.05) is 0 Å². The van der Waals surface area contributed by atoms with E-state index in [4.69, 9.17) is 14.8 Å². The number of carbonyl (C=O) groups is 1. The van der Waals surface area contributed by atoms with Crippen molar-refractivity contribution in [3.8, 4) is 28.7 Å². The molecule has 1 saturated heterocycles. The number of nitriles is 1. The van der Waals surface area contributed by atoms with Gasteiger partial charge in [-0.25, -0.2) is 14.3 Å². The van der Waals surface area contributed by atoms with E-state index < -0.39 is 5.60 Å². The molecule has 11 heteroatoms. The summed E-state index contributed by atoms with van der Waals surface area (Å²) in [4.78, 5) is 19.3. The quantitative estimate of drug-likeness (QED) is 0.385. The molecule has 11 nitrogen and oxygen atoms in total. The molecule has 4 aromatic rings. The third-order valence-electron chi connectivity index (χ3n) is 8.00. The molecule has 2 fully saturated rings. The Balaban J connectivity index is 1.24. The van der Waals surface area contributed by atoms with E-state index in [0.717, 1.165) is 53.8 Å². The van der Waals surface area contributed by atoms with Gasteiger partial charge < -0.3 is 9.64 Å². The van der Waals surface area contributed by atoms with Crippen LogP contribution in [0.3, 0.4) is 0 Å². The Labute approximate surface area is 227 Å². The fourth-order valence-electron chi connectivity index (χ4n) is 6.22. The van der Waals surface area contributed by atoms with Gasteiger partial charge in [-0.05, 0) is 64.0 Å². The van der Waals surface area contributed by atoms with Gasteiger partial charge in [0.1, 0.15) is 17.0 Å². The van der Waals surface area contributed by atoms with Crippen LogP contribution in [0.25, 0.3) is 28.2 Å². The van der Waals surface area contributed by atoms with Gasteiger partial charge in [0.2, 0.25) is 0 Å². The Morgan fingerprint density at radius 2 is 1.90 bits per heavy atom. The maximum absolute atomic E-state index is 12.5. The van der Waals surface area contributed by atoms with E-state index in [-0.39, 0.29) is 17.0 Å². The first-order valence-electron chi connectivity index (χ1n) is 13.3. The summed E-state index contributed by atoms with van der Waals surface area (Å²) in [6.45, 7) is 7.01. The van der Waals surface area contributed by atoms with Crippen LogP contribution in [0.4, 0.5) is 4.79 Å². The van der Waals surface area contributed by atoms with Crippen molar-refractivity contribution in [2.24, 2.45) is 12.5 Å². The van der Waals surface area contributed by atoms with Crippen LogP contribution in [0.15, 0.2) is 43.1 Å². The van der Waals surface area contributed by atoms with Gasteiger partial charge >= 0.3 is 6.09 Å². The first kappa shape index (κ1) is 25.1. The smallest absolute Gasteiger partial charge is 0.410 e. The average Bonchev–Trinajstić information content (AvgIpc) is 3.62. The molecular formula is C28H33N9O2. The number of aryl methyl sites for hydroxylation is 1. The first-order valence-corrected chi connectivity index (χ1v) is 13.3. The number of nitrogens with zero attached hydrogens (tertiary/aromatic N) is 9. The molecule has 5 heterocycles. The lowest BCUT2D eigenvalue weighted by atomic mass is 9.52. The molecular weight excluding hydrogens is 494 g/mol. The number of likely N-dealkylation sites (tertiary alicyclic amines) is 1. The van der Waals surface area contributed by atoms with Crippen LogP contribution in [0.5, 0.6) is 0 Å². The summed E-state index contributed by atoms with van der Waals surface area (Å²) in [6, 6.07) is 6.27. The minimum Gasteiger partial charge on any atom is -0.444 e. The van der Waals surface area contributed by atoms with Gasteiger partial charge in [-0.3, -0.25) is 9.36 Å². The number of piperidine rings is 1. The molecule has 1 aliphatic heterocycles. The van der Waals surface area contributed by atoms with Gasteiger partial charge in [0.15, 0.2) is 0 Å². The summed E-state index contributed by atoms with van der Waals surface area (Å²) >= 11 is 0. The fourth-order valence-corrected chi connectivity index (χ4v) is 6.22. The van der Waals surface area contributed by atoms with Crippen molar-refractivity contribution >= 4 is 11.6 Å². The topological polar surface area (TPSA) is 119 Å². The summed E-state index contributed by atoms with van der Waals surface area (Å²) in [7, 11) is 1.88. The molecule has 0 aromatic carbocycles. The molecule has 1 aliphatic carbocycles. The Morgan fingerprint density at radius 1 is 1.13 bits per heavy atom. The van der Waals surface area contributed by atoms with E-state index >= 15 is 0 Å². The van der Waals surface area contributed by atoms with E-state index in [1.807, 2.05) is 78.8 Å². The lowest BCUT2D eigenvalue weighted by Gasteiger charge is -2.58. The van der Waals surface area contributed by atoms with E-state index in [0.29, 0.717) is 19.5 Å². The van der Waals surface area contributed by atoms with Crippen molar-refractivity contribution in [3.63, 3.8) is 0 Å². The number of hydrogen-bond acceptors (Lipinski definition) is 7. The van der Waals surface area contributed by atoms with Crippen molar-refractivity contribution in [3.05, 3.63) is 43.1 Å². The van der Waals surface area contributed by atoms with Crippen LogP contribution in [-0.2, 0) is 17.3 Å². The largest absolute Gasteiger partial charge is 0.444 e. The number of rotatable bonds is 4. The van der Waals surface area contributed by atoms with Crippen molar-refractivity contribution in [1.82, 2.24) is 39.1 Å². The van der Waals surface area contributed by atoms with Gasteiger partial charge in [0.05, 0.1) is 47.8 Å². The van der Waals surface area contributed by atoms with Crippen LogP contribution >= 0.6 is 0 Å². The van der Waals surface area contributed by atoms with Crippen molar-refractivity contribution in [2.45, 2.75) is 64.0 Å². The molecule has 202 valence electrons. The number of hydrogen-bond donors (Lipinski definition) is 0. The van der Waals surface area contributed by atoms with Crippen LogP contribution in [-0.4, -0.2) is 63.8 Å². The van der Waals surface area contributed by atoms with Gasteiger partial charge in [0.25, 0.3) is 0 Å². The zero-order chi connectivity index (χ0) is 27.4. The SMILES string of the molecule is Cn1ccc(-c2cn3nccc3c(-c3cnn(C4(CC#N)CC5(CCN(C(=O)OC(C)(C)C)CC5)C4)c3)n2)n1. The summed E-state index contributed by atoms with van der Waals surface area (Å²) in [6.07, 6.45) is 13.0. The maximum atomic E-state index is 12.5. The van der Waals surface area contributed by atoms with E-state index in [1.165, 1.54) is 0 Å². The highest BCUT2D eigenvalue weighted by molar-refractivity contribution is 5.78. The minimum absolute atomic E-state index is 0.108. The number of ether oxygens (including phenoxy) is 1. The monoisotopic (exact) mass is 527 g/mol. The van der Waals surface area contributed by atoms with Crippen LogP contribution in [0.1, 0.15) is 52.9 Å². The maximum Gasteiger partial charge on any atom is 0.410 e. The zero-order valence-electron chi connectivity index (χ0n) is 22.8. The molecule has 0 unspecified atom stereocenters. The minimum atomic E-state index is -0.503. The summed E-state index contributed by atoms with van der Waals surface area (Å²) < 4.78 is 11.1. The molecule has 6 rings (SSSR count). The molecule has 0 radical (unpaired) electrons. The van der Waals surface area contributed by atoms with Crippen LogP contribution < -0.4 is 0 Å². The number of aromatic nitrogens is 7. The Hall–Kier alpha value is -4.20. The average molecular weight is 528 g/mol. The second-order valence-electron chi connectivity index (χ2n) is 12.1. The van der Waals surface area contributed by atoms with Crippen molar-refractivity contribution in [2.75, 3.05) is 13.1 Å². The number of carbonyl (C=O) groups excluding carboxylic acids is 1. The highest BCUT2D eigenvalue weighted by Gasteiger charge is 2.57. The molecule has 0 N–H and O–H groups in total. The molecule has 39 heavy (non-hydrogen) atoms. The van der Waals surface area contributed by atoms with Crippen LogP contribution in [0.2, 0.25) is 0 Å². The third-order valence-corrected chi connectivity index (χ3v) is 8.00. The van der Waals surface area contributed by atoms with E-state index in [1.54, 1.807) is 10.9 Å². The molecule has 0 atom stereocenters. The first-order chi connectivity index (χ1) is 18.6. The Morgan fingerprint density at radius 3 is 2.56 bits per heavy atom. The summed E-state index contributed by atoms with van der Waals surface area (Å²) in [5.74, 6) is 0. The highest BCUT2D eigenvalue weighted by atomic mass is 16.6. The number of fused-ring (bicyclic) bond motifs is 1. The Bertz CT molecular complexity index is 1570. The second-order valence-corrected chi connectivity index (χ2v) is 12.1. The van der Waals surface area contributed by atoms with E-state index in [2.05, 4.69) is 16.3 Å². The molecule has 1 saturated carbocycles. The third kappa shape index (κ3) is 4.54. The molecule has 4 aromatic heterocycles. The normalized spacial score (nSPS) is 18.2. The predicted octanol–water partition coefficient (Wildman–Crippen LogP) is 4.41. The summed E-state index contributed by atoms with van der Waals surface area (Å²) in [5, 5.41) is 23.4. The lowest BCUT2D eigenvalue weighted by Crippen LogP contribution is -2.58. The Kier molecular flexibility index (Phi) is 5.75. The zero-order valence-corrected chi connectivity index (χ0v) is 22.8.